The van der Waals surface area contributed by atoms with Gasteiger partial charge in [-0.3, -0.25) is 4.98 Å². The highest BCUT2D eigenvalue weighted by molar-refractivity contribution is 5.57. The van der Waals surface area contributed by atoms with Crippen molar-refractivity contribution in [1.82, 2.24) is 4.98 Å². The summed E-state index contributed by atoms with van der Waals surface area (Å²) < 4.78 is 25.0. The van der Waals surface area contributed by atoms with Crippen LogP contribution in [0.1, 0.15) is 23.2 Å². The first-order valence-corrected chi connectivity index (χ1v) is 3.77. The third-order valence-electron chi connectivity index (χ3n) is 1.77. The van der Waals surface area contributed by atoms with Crippen LogP contribution in [0.25, 0.3) is 0 Å². The minimum Gasteiger partial charge on any atom is -0.397 e. The van der Waals surface area contributed by atoms with Crippen LogP contribution in [0.15, 0.2) is 6.20 Å². The standard InChI is InChI=1S/C8H8F2N4/c9-8(10)6-4(1-11)3-14-5(2-12)7(6)13/h3,8H,2,12-13H2. The molecule has 0 saturated heterocycles. The van der Waals surface area contributed by atoms with Crippen LogP contribution >= 0.6 is 0 Å². The summed E-state index contributed by atoms with van der Waals surface area (Å²) in [5.74, 6) is 0. The molecule has 0 aromatic carbocycles. The zero-order chi connectivity index (χ0) is 10.7. The average molecular weight is 198 g/mol. The molecule has 0 amide bonds. The number of anilines is 1. The Labute approximate surface area is 79.1 Å². The molecule has 4 N–H and O–H groups in total. The van der Waals surface area contributed by atoms with E-state index in [0.29, 0.717) is 0 Å². The van der Waals surface area contributed by atoms with Gasteiger partial charge in [0.1, 0.15) is 6.07 Å². The molecule has 6 heteroatoms. The molecule has 0 radical (unpaired) electrons. The summed E-state index contributed by atoms with van der Waals surface area (Å²) in [4.78, 5) is 3.70. The van der Waals surface area contributed by atoms with Gasteiger partial charge in [-0.1, -0.05) is 0 Å². The number of hydrogen-bond acceptors (Lipinski definition) is 4. The lowest BCUT2D eigenvalue weighted by Gasteiger charge is -2.09. The van der Waals surface area contributed by atoms with Crippen LogP contribution < -0.4 is 11.5 Å². The molecular weight excluding hydrogens is 190 g/mol. The predicted molar refractivity (Wildman–Crippen MR) is 46.2 cm³/mol. The van der Waals surface area contributed by atoms with Crippen molar-refractivity contribution >= 4 is 5.69 Å². The van der Waals surface area contributed by atoms with Crippen LogP contribution in [-0.4, -0.2) is 4.98 Å². The lowest BCUT2D eigenvalue weighted by molar-refractivity contribution is 0.151. The molecule has 0 spiro atoms. The molecule has 1 aromatic rings. The quantitative estimate of drug-likeness (QED) is 0.739. The second-order valence-electron chi connectivity index (χ2n) is 2.56. The third-order valence-corrected chi connectivity index (χ3v) is 1.77. The van der Waals surface area contributed by atoms with Gasteiger partial charge in [0.15, 0.2) is 0 Å². The Morgan fingerprint density at radius 1 is 1.57 bits per heavy atom. The topological polar surface area (TPSA) is 88.7 Å². The number of nitrogen functional groups attached to an aromatic ring is 1. The number of pyridine rings is 1. The molecule has 1 aromatic heterocycles. The second kappa shape index (κ2) is 3.98. The SMILES string of the molecule is N#Cc1cnc(CN)c(N)c1C(F)F. The molecule has 0 bridgehead atoms. The van der Waals surface area contributed by atoms with Crippen LogP contribution in [-0.2, 0) is 6.54 Å². The predicted octanol–water partition coefficient (Wildman–Crippen LogP) is 0.932. The average Bonchev–Trinajstić information content (AvgIpc) is 2.16. The van der Waals surface area contributed by atoms with Gasteiger partial charge in [-0.05, 0) is 0 Å². The Kier molecular flexibility index (Phi) is 2.94. The molecule has 1 rings (SSSR count). The Balaban J connectivity index is 3.41. The largest absolute Gasteiger partial charge is 0.397 e. The fourth-order valence-electron chi connectivity index (χ4n) is 1.07. The maximum Gasteiger partial charge on any atom is 0.267 e. The van der Waals surface area contributed by atoms with E-state index in [2.05, 4.69) is 4.98 Å². The molecule has 4 nitrogen and oxygen atoms in total. The van der Waals surface area contributed by atoms with E-state index in [0.717, 1.165) is 6.20 Å². The Morgan fingerprint density at radius 2 is 2.21 bits per heavy atom. The van der Waals surface area contributed by atoms with E-state index >= 15 is 0 Å². The van der Waals surface area contributed by atoms with E-state index in [1.165, 1.54) is 0 Å². The highest BCUT2D eigenvalue weighted by Gasteiger charge is 2.19. The van der Waals surface area contributed by atoms with Crippen LogP contribution in [0.2, 0.25) is 0 Å². The summed E-state index contributed by atoms with van der Waals surface area (Å²) in [5.41, 5.74) is 9.93. The van der Waals surface area contributed by atoms with Gasteiger partial charge in [0.25, 0.3) is 6.43 Å². The molecule has 0 aliphatic carbocycles. The summed E-state index contributed by atoms with van der Waals surface area (Å²) in [6, 6.07) is 1.61. The molecule has 14 heavy (non-hydrogen) atoms. The van der Waals surface area contributed by atoms with Gasteiger partial charge in [0.2, 0.25) is 0 Å². The lowest BCUT2D eigenvalue weighted by Crippen LogP contribution is -2.09. The fourth-order valence-corrected chi connectivity index (χ4v) is 1.07. The smallest absolute Gasteiger partial charge is 0.267 e. The molecule has 0 fully saturated rings. The number of aromatic nitrogens is 1. The summed E-state index contributed by atoms with van der Waals surface area (Å²) in [6.45, 7) is -0.0305. The molecule has 1 heterocycles. The summed E-state index contributed by atoms with van der Waals surface area (Å²) in [6.07, 6.45) is -1.74. The van der Waals surface area contributed by atoms with E-state index in [1.54, 1.807) is 6.07 Å². The molecule has 0 saturated carbocycles. The third kappa shape index (κ3) is 1.63. The Bertz CT molecular complexity index is 384. The number of nitrogens with zero attached hydrogens (tertiary/aromatic N) is 2. The van der Waals surface area contributed by atoms with Gasteiger partial charge >= 0.3 is 0 Å². The first-order valence-electron chi connectivity index (χ1n) is 3.77. The van der Waals surface area contributed by atoms with Crippen LogP contribution in [0.3, 0.4) is 0 Å². The highest BCUT2D eigenvalue weighted by Crippen LogP contribution is 2.29. The van der Waals surface area contributed by atoms with Gasteiger partial charge in [0.05, 0.1) is 22.5 Å². The monoisotopic (exact) mass is 198 g/mol. The van der Waals surface area contributed by atoms with Crippen molar-refractivity contribution in [2.45, 2.75) is 13.0 Å². The van der Waals surface area contributed by atoms with Gasteiger partial charge in [-0.15, -0.1) is 0 Å². The first-order chi connectivity index (χ1) is 6.61. The molecule has 74 valence electrons. The minimum atomic E-state index is -2.79. The van der Waals surface area contributed by atoms with Crippen LogP contribution in [0.5, 0.6) is 0 Å². The minimum absolute atomic E-state index is 0.0305. The number of halogens is 2. The zero-order valence-corrected chi connectivity index (χ0v) is 7.17. The lowest BCUT2D eigenvalue weighted by atomic mass is 10.1. The maximum atomic E-state index is 12.5. The van der Waals surface area contributed by atoms with Crippen LogP contribution in [0.4, 0.5) is 14.5 Å². The molecule has 0 atom stereocenters. The highest BCUT2D eigenvalue weighted by atomic mass is 19.3. The maximum absolute atomic E-state index is 12.5. The van der Waals surface area contributed by atoms with E-state index < -0.39 is 12.0 Å². The number of alkyl halides is 2. The van der Waals surface area contributed by atoms with Crippen molar-refractivity contribution in [3.8, 4) is 6.07 Å². The van der Waals surface area contributed by atoms with Crippen molar-refractivity contribution in [3.05, 3.63) is 23.0 Å². The van der Waals surface area contributed by atoms with E-state index in [9.17, 15) is 8.78 Å². The van der Waals surface area contributed by atoms with Crippen molar-refractivity contribution < 1.29 is 8.78 Å². The van der Waals surface area contributed by atoms with Gasteiger partial charge in [0, 0.05) is 12.7 Å². The normalized spacial score (nSPS) is 10.2. The van der Waals surface area contributed by atoms with Crippen molar-refractivity contribution in [2.24, 2.45) is 5.73 Å². The second-order valence-corrected chi connectivity index (χ2v) is 2.56. The van der Waals surface area contributed by atoms with E-state index in [1.807, 2.05) is 0 Å². The Morgan fingerprint density at radius 3 is 2.64 bits per heavy atom. The molecule has 0 aliphatic rings. The molecule has 0 unspecified atom stereocenters. The fraction of sp³-hybridized carbons (Fsp3) is 0.250. The van der Waals surface area contributed by atoms with Crippen molar-refractivity contribution in [3.63, 3.8) is 0 Å². The summed E-state index contributed by atoms with van der Waals surface area (Å²) in [5, 5.41) is 8.55. The van der Waals surface area contributed by atoms with Crippen LogP contribution in [0, 0.1) is 11.3 Å². The number of rotatable bonds is 2. The van der Waals surface area contributed by atoms with Crippen molar-refractivity contribution in [1.29, 1.82) is 5.26 Å². The van der Waals surface area contributed by atoms with Gasteiger partial charge in [-0.25, -0.2) is 8.78 Å². The summed E-state index contributed by atoms with van der Waals surface area (Å²) in [7, 11) is 0. The number of hydrogen-bond donors (Lipinski definition) is 2. The molecular formula is C8H8F2N4. The summed E-state index contributed by atoms with van der Waals surface area (Å²) >= 11 is 0. The van der Waals surface area contributed by atoms with Crippen molar-refractivity contribution in [2.75, 3.05) is 5.73 Å². The van der Waals surface area contributed by atoms with Gasteiger partial charge < -0.3 is 11.5 Å². The van der Waals surface area contributed by atoms with E-state index in [4.69, 9.17) is 16.7 Å². The first kappa shape index (κ1) is 10.3. The Hall–Kier alpha value is -1.74. The van der Waals surface area contributed by atoms with E-state index in [-0.39, 0.29) is 23.5 Å². The molecule has 0 aliphatic heterocycles. The zero-order valence-electron chi connectivity index (χ0n) is 7.17. The number of nitrogens with two attached hydrogens (primary N) is 2. The number of nitriles is 1. The van der Waals surface area contributed by atoms with Gasteiger partial charge in [-0.2, -0.15) is 5.26 Å².